The highest BCUT2D eigenvalue weighted by molar-refractivity contribution is 4.80. The first kappa shape index (κ1) is 15.0. The van der Waals surface area contributed by atoms with E-state index in [2.05, 4.69) is 19.2 Å². The number of nitrogens with one attached hydrogen (secondary N) is 1. The molecule has 0 aromatic carbocycles. The number of ether oxygens (including phenoxy) is 1. The van der Waals surface area contributed by atoms with Gasteiger partial charge in [-0.2, -0.15) is 0 Å². The first-order valence-electron chi connectivity index (χ1n) is 7.68. The monoisotopic (exact) mass is 241 g/mol. The largest absolute Gasteiger partial charge is 0.378 e. The van der Waals surface area contributed by atoms with Crippen LogP contribution in [0.1, 0.15) is 71.6 Å². The molecule has 0 aromatic rings. The zero-order valence-electron chi connectivity index (χ0n) is 11.8. The molecule has 102 valence electrons. The summed E-state index contributed by atoms with van der Waals surface area (Å²) < 4.78 is 5.81. The van der Waals surface area contributed by atoms with Crippen molar-refractivity contribution in [3.8, 4) is 0 Å². The average Bonchev–Trinajstić information content (AvgIpc) is 3.12. The van der Waals surface area contributed by atoms with E-state index in [4.69, 9.17) is 4.74 Å². The van der Waals surface area contributed by atoms with Gasteiger partial charge in [-0.25, -0.2) is 0 Å². The van der Waals surface area contributed by atoms with Gasteiger partial charge >= 0.3 is 0 Å². The van der Waals surface area contributed by atoms with Gasteiger partial charge in [0.2, 0.25) is 0 Å². The Labute approximate surface area is 108 Å². The van der Waals surface area contributed by atoms with Gasteiger partial charge in [-0.3, -0.25) is 0 Å². The fourth-order valence-corrected chi connectivity index (χ4v) is 2.03. The molecular formula is C15H31NO. The van der Waals surface area contributed by atoms with Crippen LogP contribution < -0.4 is 5.32 Å². The molecule has 0 spiro atoms. The molecular weight excluding hydrogens is 210 g/mol. The maximum atomic E-state index is 5.81. The van der Waals surface area contributed by atoms with E-state index in [-0.39, 0.29) is 0 Å². The Bertz CT molecular complexity index is 168. The summed E-state index contributed by atoms with van der Waals surface area (Å²) in [6, 6.07) is 0.834. The third-order valence-corrected chi connectivity index (χ3v) is 3.46. The molecule has 0 saturated heterocycles. The summed E-state index contributed by atoms with van der Waals surface area (Å²) in [5.74, 6) is 0. The molecule has 0 aliphatic heterocycles. The lowest BCUT2D eigenvalue weighted by molar-refractivity contribution is 0.0576. The van der Waals surface area contributed by atoms with Crippen molar-refractivity contribution in [1.82, 2.24) is 5.32 Å². The minimum Gasteiger partial charge on any atom is -0.378 e. The van der Waals surface area contributed by atoms with Crippen LogP contribution in [0.5, 0.6) is 0 Å². The molecule has 1 rings (SSSR count). The molecule has 2 nitrogen and oxygen atoms in total. The highest BCUT2D eigenvalue weighted by atomic mass is 16.5. The molecule has 17 heavy (non-hydrogen) atoms. The molecule has 0 aromatic heterocycles. The van der Waals surface area contributed by atoms with Gasteiger partial charge in [0.05, 0.1) is 6.10 Å². The summed E-state index contributed by atoms with van der Waals surface area (Å²) in [7, 11) is 0. The van der Waals surface area contributed by atoms with Gasteiger partial charge in [0.25, 0.3) is 0 Å². The predicted molar refractivity (Wildman–Crippen MR) is 74.4 cm³/mol. The first-order valence-corrected chi connectivity index (χ1v) is 7.68. The third-order valence-electron chi connectivity index (χ3n) is 3.46. The standard InChI is InChI=1S/C15H31NO/c1-3-4-5-6-7-8-13-17-14(2)11-12-16-15-9-10-15/h14-16H,3-13H2,1-2H3. The summed E-state index contributed by atoms with van der Waals surface area (Å²) in [6.07, 6.45) is 12.4. The Morgan fingerprint density at radius 1 is 1.12 bits per heavy atom. The second-order valence-electron chi connectivity index (χ2n) is 5.47. The zero-order chi connectivity index (χ0) is 12.3. The van der Waals surface area contributed by atoms with Crippen LogP contribution in [-0.2, 0) is 4.74 Å². The minimum atomic E-state index is 0.428. The molecule has 0 radical (unpaired) electrons. The Morgan fingerprint density at radius 3 is 2.53 bits per heavy atom. The maximum Gasteiger partial charge on any atom is 0.0559 e. The van der Waals surface area contributed by atoms with Gasteiger partial charge in [0, 0.05) is 12.6 Å². The number of rotatable bonds is 12. The highest BCUT2D eigenvalue weighted by Gasteiger charge is 2.19. The maximum absolute atomic E-state index is 5.81. The Morgan fingerprint density at radius 2 is 1.82 bits per heavy atom. The Kier molecular flexibility index (Phi) is 8.72. The van der Waals surface area contributed by atoms with Crippen molar-refractivity contribution in [3.63, 3.8) is 0 Å². The molecule has 1 unspecified atom stereocenters. The quantitative estimate of drug-likeness (QED) is 0.523. The van der Waals surface area contributed by atoms with Crippen molar-refractivity contribution in [2.45, 2.75) is 83.8 Å². The van der Waals surface area contributed by atoms with E-state index < -0.39 is 0 Å². The second-order valence-corrected chi connectivity index (χ2v) is 5.47. The number of hydrogen-bond donors (Lipinski definition) is 1. The smallest absolute Gasteiger partial charge is 0.0559 e. The van der Waals surface area contributed by atoms with E-state index in [1.54, 1.807) is 0 Å². The van der Waals surface area contributed by atoms with Gasteiger partial charge in [0.1, 0.15) is 0 Å². The van der Waals surface area contributed by atoms with Crippen LogP contribution in [0.3, 0.4) is 0 Å². The van der Waals surface area contributed by atoms with E-state index in [0.717, 1.165) is 25.6 Å². The molecule has 1 aliphatic rings. The molecule has 1 N–H and O–H groups in total. The van der Waals surface area contributed by atoms with Crippen LogP contribution in [0.15, 0.2) is 0 Å². The lowest BCUT2D eigenvalue weighted by Crippen LogP contribution is -2.22. The molecule has 2 heteroatoms. The summed E-state index contributed by atoms with van der Waals surface area (Å²) >= 11 is 0. The van der Waals surface area contributed by atoms with E-state index >= 15 is 0 Å². The fraction of sp³-hybridized carbons (Fsp3) is 1.00. The average molecular weight is 241 g/mol. The van der Waals surface area contributed by atoms with Crippen molar-refractivity contribution in [1.29, 1.82) is 0 Å². The summed E-state index contributed by atoms with van der Waals surface area (Å²) in [6.45, 7) is 6.55. The van der Waals surface area contributed by atoms with E-state index in [0.29, 0.717) is 6.10 Å². The van der Waals surface area contributed by atoms with E-state index in [1.165, 1.54) is 51.4 Å². The fourth-order valence-electron chi connectivity index (χ4n) is 2.03. The molecule has 1 fully saturated rings. The molecule has 0 bridgehead atoms. The second kappa shape index (κ2) is 9.90. The number of unbranched alkanes of at least 4 members (excludes halogenated alkanes) is 5. The SMILES string of the molecule is CCCCCCCCOC(C)CCNC1CC1. The molecule has 1 atom stereocenters. The molecule has 1 saturated carbocycles. The van der Waals surface area contributed by atoms with Crippen LogP contribution >= 0.6 is 0 Å². The summed E-state index contributed by atoms with van der Waals surface area (Å²) in [5.41, 5.74) is 0. The highest BCUT2D eigenvalue weighted by Crippen LogP contribution is 2.18. The summed E-state index contributed by atoms with van der Waals surface area (Å²) in [5, 5.41) is 3.53. The molecule has 0 heterocycles. The molecule has 0 amide bonds. The third kappa shape index (κ3) is 9.61. The van der Waals surface area contributed by atoms with E-state index in [1.807, 2.05) is 0 Å². The van der Waals surface area contributed by atoms with Crippen LogP contribution in [0, 0.1) is 0 Å². The van der Waals surface area contributed by atoms with E-state index in [9.17, 15) is 0 Å². The van der Waals surface area contributed by atoms with Gasteiger partial charge in [-0.05, 0) is 39.2 Å². The van der Waals surface area contributed by atoms with Gasteiger partial charge < -0.3 is 10.1 Å². The van der Waals surface area contributed by atoms with Crippen molar-refractivity contribution < 1.29 is 4.74 Å². The minimum absolute atomic E-state index is 0.428. The lowest BCUT2D eigenvalue weighted by atomic mass is 10.1. The Hall–Kier alpha value is -0.0800. The van der Waals surface area contributed by atoms with Crippen molar-refractivity contribution in [2.75, 3.05) is 13.2 Å². The van der Waals surface area contributed by atoms with Gasteiger partial charge in [-0.15, -0.1) is 0 Å². The van der Waals surface area contributed by atoms with Crippen molar-refractivity contribution >= 4 is 0 Å². The zero-order valence-corrected chi connectivity index (χ0v) is 11.8. The van der Waals surface area contributed by atoms with Crippen LogP contribution in [0.25, 0.3) is 0 Å². The molecule has 1 aliphatic carbocycles. The van der Waals surface area contributed by atoms with Crippen LogP contribution in [-0.4, -0.2) is 25.3 Å². The van der Waals surface area contributed by atoms with Crippen molar-refractivity contribution in [3.05, 3.63) is 0 Å². The normalized spacial score (nSPS) is 17.3. The predicted octanol–water partition coefficient (Wildman–Crippen LogP) is 3.89. The van der Waals surface area contributed by atoms with Crippen LogP contribution in [0.2, 0.25) is 0 Å². The number of hydrogen-bond acceptors (Lipinski definition) is 2. The lowest BCUT2D eigenvalue weighted by Gasteiger charge is -2.13. The van der Waals surface area contributed by atoms with Gasteiger partial charge in [-0.1, -0.05) is 39.0 Å². The first-order chi connectivity index (χ1) is 8.33. The van der Waals surface area contributed by atoms with Gasteiger partial charge in [0.15, 0.2) is 0 Å². The Balaban J connectivity index is 1.74. The van der Waals surface area contributed by atoms with Crippen molar-refractivity contribution in [2.24, 2.45) is 0 Å². The van der Waals surface area contributed by atoms with Crippen LogP contribution in [0.4, 0.5) is 0 Å². The topological polar surface area (TPSA) is 21.3 Å². The summed E-state index contributed by atoms with van der Waals surface area (Å²) in [4.78, 5) is 0.